The van der Waals surface area contributed by atoms with Crippen LogP contribution in [0.2, 0.25) is 10.3 Å². The fraction of sp³-hybridized carbons (Fsp3) is 0.500. The second kappa shape index (κ2) is 5.56. The van der Waals surface area contributed by atoms with Crippen LogP contribution >= 0.6 is 23.2 Å². The molecule has 2 aliphatic carbocycles. The van der Waals surface area contributed by atoms with Crippen LogP contribution in [0.1, 0.15) is 49.8 Å². The van der Waals surface area contributed by atoms with Crippen LogP contribution in [-0.4, -0.2) is 20.9 Å². The Kier molecular flexibility index (Phi) is 3.65. The van der Waals surface area contributed by atoms with Crippen LogP contribution in [0.25, 0.3) is 11.5 Å². The van der Waals surface area contributed by atoms with E-state index in [-0.39, 0.29) is 16.1 Å². The summed E-state index contributed by atoms with van der Waals surface area (Å²) in [6.07, 6.45) is 6.03. The summed E-state index contributed by atoms with van der Waals surface area (Å²) in [6, 6.07) is 1.48. The Morgan fingerprint density at radius 3 is 2.52 bits per heavy atom. The number of nitrogens with zero attached hydrogens (tertiary/aromatic N) is 3. The maximum Gasteiger partial charge on any atom is 0.184 e. The lowest BCUT2D eigenvalue weighted by atomic mass is 9.64. The van der Waals surface area contributed by atoms with Gasteiger partial charge in [-0.15, -0.1) is 0 Å². The number of carbonyl (C=O) groups is 1. The zero-order valence-electron chi connectivity index (χ0n) is 12.4. The summed E-state index contributed by atoms with van der Waals surface area (Å²) in [5, 5.41) is 4.69. The van der Waals surface area contributed by atoms with Gasteiger partial charge in [-0.05, 0) is 32.1 Å². The first-order valence-corrected chi connectivity index (χ1v) is 8.58. The van der Waals surface area contributed by atoms with Crippen molar-refractivity contribution in [3.8, 4) is 11.5 Å². The molecule has 0 aliphatic heterocycles. The maximum atomic E-state index is 12.6. The molecule has 5 nitrogen and oxygen atoms in total. The fourth-order valence-electron chi connectivity index (χ4n) is 3.87. The van der Waals surface area contributed by atoms with Gasteiger partial charge in [-0.25, -0.2) is 9.97 Å². The predicted octanol–water partition coefficient (Wildman–Crippen LogP) is 4.16. The highest BCUT2D eigenvalue weighted by molar-refractivity contribution is 6.33. The van der Waals surface area contributed by atoms with E-state index in [1.54, 1.807) is 0 Å². The maximum absolute atomic E-state index is 12.6. The molecule has 2 heterocycles. The minimum atomic E-state index is -0.501. The molecule has 1 spiro atoms. The molecule has 0 radical (unpaired) electrons. The molecular weight excluding hydrogens is 337 g/mol. The summed E-state index contributed by atoms with van der Waals surface area (Å²) < 4.78 is 5.65. The van der Waals surface area contributed by atoms with Crippen molar-refractivity contribution in [2.24, 2.45) is 0 Å². The van der Waals surface area contributed by atoms with Crippen molar-refractivity contribution in [3.63, 3.8) is 0 Å². The summed E-state index contributed by atoms with van der Waals surface area (Å²) in [7, 11) is 0. The summed E-state index contributed by atoms with van der Waals surface area (Å²) in [4.78, 5) is 21.0. The van der Waals surface area contributed by atoms with E-state index in [0.29, 0.717) is 23.7 Å². The third-order valence-corrected chi connectivity index (χ3v) is 5.31. The van der Waals surface area contributed by atoms with Gasteiger partial charge < -0.3 is 4.52 Å². The van der Waals surface area contributed by atoms with Crippen molar-refractivity contribution in [1.29, 1.82) is 0 Å². The van der Waals surface area contributed by atoms with Crippen molar-refractivity contribution in [2.45, 2.75) is 50.4 Å². The molecule has 1 fully saturated rings. The molecule has 0 bridgehead atoms. The van der Waals surface area contributed by atoms with Crippen molar-refractivity contribution in [3.05, 3.63) is 27.7 Å². The SMILES string of the molecule is O=C1CCCCC12CCCc1c(-c3nc(Cl)cc(Cl)n3)noc12. The number of hydrogen-bond donors (Lipinski definition) is 0. The van der Waals surface area contributed by atoms with E-state index >= 15 is 0 Å². The summed E-state index contributed by atoms with van der Waals surface area (Å²) in [6.45, 7) is 0. The molecule has 0 aromatic carbocycles. The van der Waals surface area contributed by atoms with Crippen LogP contribution in [0.15, 0.2) is 10.6 Å². The molecule has 2 aromatic rings. The Morgan fingerprint density at radius 1 is 1.04 bits per heavy atom. The van der Waals surface area contributed by atoms with Gasteiger partial charge in [0, 0.05) is 18.1 Å². The third kappa shape index (κ3) is 2.37. The van der Waals surface area contributed by atoms with Gasteiger partial charge in [0.05, 0.1) is 5.41 Å². The predicted molar refractivity (Wildman–Crippen MR) is 85.6 cm³/mol. The number of halogens is 2. The molecule has 0 saturated heterocycles. The summed E-state index contributed by atoms with van der Waals surface area (Å²) in [5.74, 6) is 1.34. The first-order valence-electron chi connectivity index (χ1n) is 7.83. The number of rotatable bonds is 1. The molecule has 120 valence electrons. The normalized spacial score (nSPS) is 24.0. The number of Topliss-reactive ketones (excluding diaryl/α,β-unsaturated/α-hetero) is 1. The van der Waals surface area contributed by atoms with Crippen molar-refractivity contribution in [1.82, 2.24) is 15.1 Å². The smallest absolute Gasteiger partial charge is 0.184 e. The molecule has 0 N–H and O–H groups in total. The number of carbonyl (C=O) groups excluding carboxylic acids is 1. The molecule has 1 unspecified atom stereocenters. The zero-order chi connectivity index (χ0) is 16.0. The number of ketones is 1. The zero-order valence-corrected chi connectivity index (χ0v) is 14.0. The average Bonchev–Trinajstić information content (AvgIpc) is 2.95. The Labute approximate surface area is 143 Å². The highest BCUT2D eigenvalue weighted by Crippen LogP contribution is 2.47. The van der Waals surface area contributed by atoms with Gasteiger partial charge in [-0.2, -0.15) is 0 Å². The summed E-state index contributed by atoms with van der Waals surface area (Å²) in [5.41, 5.74) is 0.992. The Bertz CT molecular complexity index is 769. The lowest BCUT2D eigenvalue weighted by molar-refractivity contribution is -0.128. The minimum Gasteiger partial charge on any atom is -0.359 e. The van der Waals surface area contributed by atoms with E-state index < -0.39 is 5.41 Å². The standard InChI is InChI=1S/C16H15Cl2N3O2/c17-11-8-12(18)20-15(19-11)13-9-4-3-7-16(14(9)23-21-13)6-2-1-5-10(16)22/h8H,1-7H2. The summed E-state index contributed by atoms with van der Waals surface area (Å²) >= 11 is 11.9. The van der Waals surface area contributed by atoms with Gasteiger partial charge in [0.25, 0.3) is 0 Å². The van der Waals surface area contributed by atoms with Crippen LogP contribution < -0.4 is 0 Å². The molecule has 1 atom stereocenters. The lowest BCUT2D eigenvalue weighted by Crippen LogP contribution is -2.41. The van der Waals surface area contributed by atoms with Crippen LogP contribution in [0.5, 0.6) is 0 Å². The number of fused-ring (bicyclic) bond motifs is 2. The Morgan fingerprint density at radius 2 is 1.78 bits per heavy atom. The van der Waals surface area contributed by atoms with Crippen molar-refractivity contribution < 1.29 is 9.32 Å². The number of aromatic nitrogens is 3. The Balaban J connectivity index is 1.84. The highest BCUT2D eigenvalue weighted by atomic mass is 35.5. The van der Waals surface area contributed by atoms with E-state index in [9.17, 15) is 4.79 Å². The van der Waals surface area contributed by atoms with E-state index in [2.05, 4.69) is 15.1 Å². The molecule has 2 aliphatic rings. The van der Waals surface area contributed by atoms with Gasteiger partial charge in [0.15, 0.2) is 17.3 Å². The quantitative estimate of drug-likeness (QED) is 0.721. The van der Waals surface area contributed by atoms with Crippen LogP contribution in [0.4, 0.5) is 0 Å². The van der Waals surface area contributed by atoms with Gasteiger partial charge in [-0.1, -0.05) is 34.8 Å². The Hall–Kier alpha value is -1.46. The lowest BCUT2D eigenvalue weighted by Gasteiger charge is -2.36. The molecule has 1 saturated carbocycles. The van der Waals surface area contributed by atoms with Crippen LogP contribution in [0.3, 0.4) is 0 Å². The second-order valence-corrected chi connectivity index (χ2v) is 7.02. The topological polar surface area (TPSA) is 68.9 Å². The molecule has 7 heteroatoms. The van der Waals surface area contributed by atoms with Crippen molar-refractivity contribution >= 4 is 29.0 Å². The molecule has 2 aromatic heterocycles. The fourth-order valence-corrected chi connectivity index (χ4v) is 4.29. The largest absolute Gasteiger partial charge is 0.359 e. The first-order chi connectivity index (χ1) is 11.1. The monoisotopic (exact) mass is 351 g/mol. The van der Waals surface area contributed by atoms with Gasteiger partial charge in [0.1, 0.15) is 16.1 Å². The van der Waals surface area contributed by atoms with Crippen LogP contribution in [-0.2, 0) is 16.6 Å². The third-order valence-electron chi connectivity index (χ3n) is 4.92. The molecule has 4 rings (SSSR count). The average molecular weight is 352 g/mol. The number of hydrogen-bond acceptors (Lipinski definition) is 5. The van der Waals surface area contributed by atoms with Gasteiger partial charge >= 0.3 is 0 Å². The molecule has 23 heavy (non-hydrogen) atoms. The van der Waals surface area contributed by atoms with E-state index in [1.807, 2.05) is 0 Å². The van der Waals surface area contributed by atoms with E-state index in [1.165, 1.54) is 6.07 Å². The van der Waals surface area contributed by atoms with Gasteiger partial charge in [-0.3, -0.25) is 4.79 Å². The first kappa shape index (κ1) is 15.1. The molecule has 0 amide bonds. The van der Waals surface area contributed by atoms with Crippen molar-refractivity contribution in [2.75, 3.05) is 0 Å². The highest BCUT2D eigenvalue weighted by Gasteiger charge is 2.48. The molecular formula is C16H15Cl2N3O2. The van der Waals surface area contributed by atoms with E-state index in [4.69, 9.17) is 27.7 Å². The van der Waals surface area contributed by atoms with E-state index in [0.717, 1.165) is 44.1 Å². The van der Waals surface area contributed by atoms with Crippen LogP contribution in [0, 0.1) is 0 Å². The second-order valence-electron chi connectivity index (χ2n) is 6.24. The van der Waals surface area contributed by atoms with Gasteiger partial charge in [0.2, 0.25) is 0 Å². The minimum absolute atomic E-state index is 0.260.